The van der Waals surface area contributed by atoms with Crippen molar-refractivity contribution < 1.29 is 24.6 Å². The summed E-state index contributed by atoms with van der Waals surface area (Å²) in [5.41, 5.74) is 2.46. The van der Waals surface area contributed by atoms with Crippen molar-refractivity contribution in [3.63, 3.8) is 0 Å². The highest BCUT2D eigenvalue weighted by atomic mass is 32.1. The molecular formula is C22H28N4O5S. The quantitative estimate of drug-likeness (QED) is 0.594. The van der Waals surface area contributed by atoms with Crippen molar-refractivity contribution in [2.75, 3.05) is 42.9 Å². The van der Waals surface area contributed by atoms with Crippen molar-refractivity contribution in [3.05, 3.63) is 40.9 Å². The van der Waals surface area contributed by atoms with Gasteiger partial charge in [0, 0.05) is 36.7 Å². The Bertz CT molecular complexity index is 929. The number of fused-ring (bicyclic) bond motifs is 1. The highest BCUT2D eigenvalue weighted by molar-refractivity contribution is 7.15. The van der Waals surface area contributed by atoms with Gasteiger partial charge in [-0.2, -0.15) is 0 Å². The number of carbonyl (C=O) groups excluding carboxylic acids is 1. The number of aromatic nitrogens is 1. The van der Waals surface area contributed by atoms with Gasteiger partial charge < -0.3 is 20.4 Å². The number of thiazole rings is 1. The zero-order chi connectivity index (χ0) is 23.1. The molecule has 1 aromatic heterocycles. The highest BCUT2D eigenvalue weighted by Gasteiger charge is 2.22. The molecule has 1 amide bonds. The van der Waals surface area contributed by atoms with E-state index < -0.39 is 11.9 Å². The summed E-state index contributed by atoms with van der Waals surface area (Å²) in [4.78, 5) is 41.2. The maximum Gasteiger partial charge on any atom is 0.414 e. The Hall–Kier alpha value is -2.98. The van der Waals surface area contributed by atoms with Crippen LogP contribution in [0, 0.1) is 5.92 Å². The Morgan fingerprint density at radius 1 is 1.09 bits per heavy atom. The maximum absolute atomic E-state index is 12.4. The Balaban J connectivity index is 0.000000427. The topological polar surface area (TPSA) is 123 Å². The molecular weight excluding hydrogens is 432 g/mol. The lowest BCUT2D eigenvalue weighted by Crippen LogP contribution is -2.48. The number of para-hydroxylation sites is 1. The molecule has 1 saturated heterocycles. The number of aliphatic carboxylic acids is 2. The Kier molecular flexibility index (Phi) is 8.18. The van der Waals surface area contributed by atoms with Gasteiger partial charge in [0.2, 0.25) is 5.91 Å². The largest absolute Gasteiger partial charge is 0.473 e. The van der Waals surface area contributed by atoms with E-state index in [0.717, 1.165) is 50.1 Å². The monoisotopic (exact) mass is 460 g/mol. The lowest BCUT2D eigenvalue weighted by Gasteiger charge is -2.35. The number of carboxylic acids is 2. The first kappa shape index (κ1) is 23.7. The molecule has 1 atom stereocenters. The molecule has 172 valence electrons. The van der Waals surface area contributed by atoms with E-state index in [4.69, 9.17) is 19.8 Å². The average Bonchev–Trinajstić information content (AvgIpc) is 3.16. The van der Waals surface area contributed by atoms with Crippen LogP contribution in [0.5, 0.6) is 0 Å². The highest BCUT2D eigenvalue weighted by Crippen LogP contribution is 2.32. The number of piperazine rings is 1. The van der Waals surface area contributed by atoms with Crippen LogP contribution in [0.15, 0.2) is 30.3 Å². The molecule has 9 nitrogen and oxygen atoms in total. The Labute approximate surface area is 190 Å². The van der Waals surface area contributed by atoms with Gasteiger partial charge >= 0.3 is 11.9 Å². The number of hydrogen-bond acceptors (Lipinski definition) is 7. The van der Waals surface area contributed by atoms with E-state index >= 15 is 0 Å². The van der Waals surface area contributed by atoms with E-state index in [1.54, 1.807) is 11.3 Å². The maximum atomic E-state index is 12.4. The summed E-state index contributed by atoms with van der Waals surface area (Å²) < 4.78 is 0. The lowest BCUT2D eigenvalue weighted by molar-refractivity contribution is -0.159. The van der Waals surface area contributed by atoms with Gasteiger partial charge in [0.1, 0.15) is 0 Å². The van der Waals surface area contributed by atoms with E-state index in [0.29, 0.717) is 6.54 Å². The minimum Gasteiger partial charge on any atom is -0.473 e. The normalized spacial score (nSPS) is 18.2. The van der Waals surface area contributed by atoms with Gasteiger partial charge in [0.25, 0.3) is 0 Å². The second kappa shape index (κ2) is 11.1. The number of benzene rings is 1. The number of nitrogens with one attached hydrogen (secondary N) is 1. The molecule has 1 aliphatic heterocycles. The minimum atomic E-state index is -1.82. The van der Waals surface area contributed by atoms with Crippen LogP contribution in [0.2, 0.25) is 0 Å². The molecule has 1 aliphatic carbocycles. The van der Waals surface area contributed by atoms with Gasteiger partial charge in [-0.05, 0) is 37.3 Å². The van der Waals surface area contributed by atoms with Gasteiger partial charge in [-0.1, -0.05) is 25.1 Å². The first-order chi connectivity index (χ1) is 15.3. The van der Waals surface area contributed by atoms with Gasteiger partial charge in [-0.15, -0.1) is 11.3 Å². The molecule has 0 bridgehead atoms. The van der Waals surface area contributed by atoms with E-state index in [2.05, 4.69) is 51.3 Å². The predicted molar refractivity (Wildman–Crippen MR) is 122 cm³/mol. The third-order valence-electron chi connectivity index (χ3n) is 5.48. The summed E-state index contributed by atoms with van der Waals surface area (Å²) in [6.07, 6.45) is 3.35. The van der Waals surface area contributed by atoms with Crippen molar-refractivity contribution in [1.29, 1.82) is 0 Å². The summed E-state index contributed by atoms with van der Waals surface area (Å²) in [6.45, 7) is 6.48. The zero-order valence-electron chi connectivity index (χ0n) is 18.0. The fourth-order valence-corrected chi connectivity index (χ4v) is 4.95. The van der Waals surface area contributed by atoms with Crippen molar-refractivity contribution in [2.24, 2.45) is 5.92 Å². The van der Waals surface area contributed by atoms with Gasteiger partial charge in [0.05, 0.1) is 12.2 Å². The number of carbonyl (C=O) groups is 3. The van der Waals surface area contributed by atoms with Crippen LogP contribution >= 0.6 is 11.3 Å². The van der Waals surface area contributed by atoms with Crippen LogP contribution in [0.1, 0.15) is 23.9 Å². The van der Waals surface area contributed by atoms with Crippen LogP contribution in [0.3, 0.4) is 0 Å². The van der Waals surface area contributed by atoms with E-state index in [1.165, 1.54) is 22.7 Å². The van der Waals surface area contributed by atoms with Gasteiger partial charge in [0.15, 0.2) is 5.13 Å². The third-order valence-corrected chi connectivity index (χ3v) is 6.51. The fraction of sp³-hybridized carbons (Fsp3) is 0.455. The second-order valence-corrected chi connectivity index (χ2v) is 9.08. The number of anilines is 2. The summed E-state index contributed by atoms with van der Waals surface area (Å²) in [7, 11) is 0. The van der Waals surface area contributed by atoms with E-state index in [-0.39, 0.29) is 5.91 Å². The van der Waals surface area contributed by atoms with Crippen LogP contribution in [-0.4, -0.2) is 70.7 Å². The molecule has 2 heterocycles. The molecule has 1 unspecified atom stereocenters. The second-order valence-electron chi connectivity index (χ2n) is 7.99. The molecule has 2 aliphatic rings. The Morgan fingerprint density at radius 2 is 1.75 bits per heavy atom. The zero-order valence-corrected chi connectivity index (χ0v) is 18.8. The van der Waals surface area contributed by atoms with Crippen molar-refractivity contribution in [1.82, 2.24) is 9.88 Å². The number of aryl methyl sites for hydroxylation is 1. The Morgan fingerprint density at radius 3 is 2.38 bits per heavy atom. The fourth-order valence-electron chi connectivity index (χ4n) is 3.76. The molecule has 32 heavy (non-hydrogen) atoms. The molecule has 0 radical (unpaired) electrons. The van der Waals surface area contributed by atoms with Gasteiger partial charge in [-0.3, -0.25) is 9.69 Å². The first-order valence-corrected chi connectivity index (χ1v) is 11.4. The summed E-state index contributed by atoms with van der Waals surface area (Å²) in [6, 6.07) is 10.5. The van der Waals surface area contributed by atoms with Crippen LogP contribution in [0.25, 0.3) is 0 Å². The number of nitrogens with zero attached hydrogens (tertiary/aromatic N) is 3. The minimum absolute atomic E-state index is 0.0531. The van der Waals surface area contributed by atoms with Crippen LogP contribution in [-0.2, 0) is 27.2 Å². The number of carboxylic acid groups (broad SMARTS) is 2. The standard InChI is InChI=1S/C20H26N4OS.C2H2O4/c1-15-7-8-17-18(13-15)26-20(21-17)22-19(25)14-23-9-11-24(12-10-23)16-5-3-2-4-6-16;3-1(4)2(5)6/h2-6,15H,7-14H2,1H3,(H,21,22,25);(H,3,4)(H,5,6). The number of amides is 1. The summed E-state index contributed by atoms with van der Waals surface area (Å²) >= 11 is 1.66. The van der Waals surface area contributed by atoms with Crippen molar-refractivity contribution in [2.45, 2.75) is 26.2 Å². The smallest absolute Gasteiger partial charge is 0.414 e. The van der Waals surface area contributed by atoms with E-state index in [9.17, 15) is 4.79 Å². The predicted octanol–water partition coefficient (Wildman–Crippen LogP) is 2.18. The summed E-state index contributed by atoms with van der Waals surface area (Å²) in [5, 5.41) is 18.6. The number of rotatable bonds is 4. The molecule has 0 saturated carbocycles. The van der Waals surface area contributed by atoms with Crippen LogP contribution < -0.4 is 10.2 Å². The van der Waals surface area contributed by atoms with E-state index in [1.807, 2.05) is 6.07 Å². The van der Waals surface area contributed by atoms with Gasteiger partial charge in [-0.25, -0.2) is 14.6 Å². The lowest BCUT2D eigenvalue weighted by atomic mass is 9.93. The number of hydrogen-bond donors (Lipinski definition) is 3. The first-order valence-electron chi connectivity index (χ1n) is 10.6. The molecule has 1 fully saturated rings. The SMILES string of the molecule is CC1CCc2nc(NC(=O)CN3CCN(c4ccccc4)CC3)sc2C1.O=C(O)C(=O)O. The van der Waals surface area contributed by atoms with Crippen molar-refractivity contribution in [3.8, 4) is 0 Å². The molecule has 4 rings (SSSR count). The van der Waals surface area contributed by atoms with Crippen molar-refractivity contribution >= 4 is 40.0 Å². The average molecular weight is 461 g/mol. The molecule has 1 aromatic carbocycles. The molecule has 2 aromatic rings. The molecule has 3 N–H and O–H groups in total. The summed E-state index contributed by atoms with van der Waals surface area (Å²) in [5.74, 6) is -2.87. The van der Waals surface area contributed by atoms with Crippen LogP contribution in [0.4, 0.5) is 10.8 Å². The molecule has 10 heteroatoms. The third kappa shape index (κ3) is 6.76. The molecule has 0 spiro atoms.